The van der Waals surface area contributed by atoms with E-state index in [1.165, 1.54) is 0 Å². The molecule has 4 rings (SSSR count). The van der Waals surface area contributed by atoms with Crippen molar-refractivity contribution in [2.24, 2.45) is 11.8 Å². The van der Waals surface area contributed by atoms with Crippen molar-refractivity contribution in [1.82, 2.24) is 14.9 Å². The summed E-state index contributed by atoms with van der Waals surface area (Å²) >= 11 is 0. The topological polar surface area (TPSA) is 130 Å². The van der Waals surface area contributed by atoms with Gasteiger partial charge in [0, 0.05) is 12.5 Å². The first kappa shape index (κ1) is 20.5. The van der Waals surface area contributed by atoms with E-state index >= 15 is 0 Å². The molecule has 2 aliphatic heterocycles. The normalized spacial score (nSPS) is 34.3. The van der Waals surface area contributed by atoms with Gasteiger partial charge < -0.3 is 0 Å². The maximum Gasteiger partial charge on any atom is 0.249 e. The summed E-state index contributed by atoms with van der Waals surface area (Å²) in [7, 11) is -3.45. The van der Waals surface area contributed by atoms with Crippen molar-refractivity contribution in [2.45, 2.75) is 81.5 Å². The van der Waals surface area contributed by atoms with Gasteiger partial charge in [-0.25, -0.2) is 13.1 Å². The van der Waals surface area contributed by atoms with Gasteiger partial charge in [0.2, 0.25) is 33.7 Å². The third kappa shape index (κ3) is 3.84. The highest BCUT2D eigenvalue weighted by atomic mass is 32.2. The van der Waals surface area contributed by atoms with Gasteiger partial charge in [-0.15, -0.1) is 0 Å². The van der Waals surface area contributed by atoms with Gasteiger partial charge in [0.05, 0.1) is 17.1 Å². The van der Waals surface area contributed by atoms with Crippen molar-refractivity contribution in [3.8, 4) is 0 Å². The van der Waals surface area contributed by atoms with Crippen LogP contribution in [-0.4, -0.2) is 54.3 Å². The number of piperidine rings is 1. The van der Waals surface area contributed by atoms with Crippen LogP contribution in [0.3, 0.4) is 0 Å². The van der Waals surface area contributed by atoms with Crippen LogP contribution in [0.25, 0.3) is 0 Å². The third-order valence-electron chi connectivity index (χ3n) is 6.80. The number of imide groups is 2. The average Bonchev–Trinajstić information content (AvgIpc) is 2.93. The molecule has 4 amide bonds. The number of amides is 4. The first-order chi connectivity index (χ1) is 13.8. The highest BCUT2D eigenvalue weighted by Gasteiger charge is 2.54. The molecule has 29 heavy (non-hydrogen) atoms. The third-order valence-corrected chi connectivity index (χ3v) is 8.81. The molecule has 2 saturated carbocycles. The van der Waals surface area contributed by atoms with Crippen LogP contribution in [-0.2, 0) is 29.2 Å². The predicted molar refractivity (Wildman–Crippen MR) is 102 cm³/mol. The Bertz CT molecular complexity index is 835. The second-order valence-corrected chi connectivity index (χ2v) is 10.7. The van der Waals surface area contributed by atoms with Crippen molar-refractivity contribution in [3.05, 3.63) is 0 Å². The van der Waals surface area contributed by atoms with E-state index in [4.69, 9.17) is 0 Å². The molecule has 0 spiro atoms. The van der Waals surface area contributed by atoms with E-state index in [0.29, 0.717) is 25.7 Å². The van der Waals surface area contributed by atoms with E-state index in [2.05, 4.69) is 10.0 Å². The molecule has 4 aliphatic rings. The molecule has 0 aromatic carbocycles. The molecule has 2 aliphatic carbocycles. The Kier molecular flexibility index (Phi) is 5.50. The Labute approximate surface area is 170 Å². The van der Waals surface area contributed by atoms with Crippen LogP contribution < -0.4 is 10.0 Å². The predicted octanol–water partition coefficient (Wildman–Crippen LogP) is 0.197. The smallest absolute Gasteiger partial charge is 0.249 e. The molecular formula is C19H27N3O6S. The van der Waals surface area contributed by atoms with Gasteiger partial charge in [0.25, 0.3) is 0 Å². The summed E-state index contributed by atoms with van der Waals surface area (Å²) in [6.45, 7) is 0. The lowest BCUT2D eigenvalue weighted by Gasteiger charge is -2.31. The second kappa shape index (κ2) is 7.79. The van der Waals surface area contributed by atoms with Gasteiger partial charge in [-0.1, -0.05) is 19.3 Å². The monoisotopic (exact) mass is 425 g/mol. The fraction of sp³-hybridized carbons (Fsp3) is 0.789. The highest BCUT2D eigenvalue weighted by molar-refractivity contribution is 7.90. The van der Waals surface area contributed by atoms with E-state index in [0.717, 1.165) is 24.2 Å². The number of fused-ring (bicyclic) bond motifs is 1. The number of carbonyl (C=O) groups is 4. The van der Waals surface area contributed by atoms with E-state index < -0.39 is 45.6 Å². The maximum atomic E-state index is 13.0. The number of nitrogens with one attached hydrogen (secondary N) is 2. The summed E-state index contributed by atoms with van der Waals surface area (Å²) in [4.78, 5) is 50.3. The maximum absolute atomic E-state index is 13.0. The number of sulfonamides is 1. The zero-order chi connectivity index (χ0) is 20.8. The molecule has 0 aromatic heterocycles. The van der Waals surface area contributed by atoms with Crippen molar-refractivity contribution in [2.75, 3.05) is 0 Å². The van der Waals surface area contributed by atoms with Crippen molar-refractivity contribution in [1.29, 1.82) is 0 Å². The number of likely N-dealkylation sites (tertiary alicyclic amines) is 1. The quantitative estimate of drug-likeness (QED) is 0.619. The average molecular weight is 426 g/mol. The van der Waals surface area contributed by atoms with E-state index in [1.54, 1.807) is 0 Å². The second-order valence-electron chi connectivity index (χ2n) is 8.66. The molecule has 9 nitrogen and oxygen atoms in total. The Morgan fingerprint density at radius 2 is 1.55 bits per heavy atom. The van der Waals surface area contributed by atoms with Crippen molar-refractivity contribution >= 4 is 33.7 Å². The minimum absolute atomic E-state index is 0.0899. The number of nitrogens with zero attached hydrogens (tertiary/aromatic N) is 1. The SMILES string of the molecule is O=C1CCC(N2C(=O)C3CCC(NS(=O)(=O)C4CCCCC4)CC3C2=O)C(=O)N1. The van der Waals surface area contributed by atoms with E-state index in [-0.39, 0.29) is 36.5 Å². The van der Waals surface area contributed by atoms with Gasteiger partial charge >= 0.3 is 0 Å². The molecule has 160 valence electrons. The molecule has 0 bridgehead atoms. The minimum atomic E-state index is -3.45. The Morgan fingerprint density at radius 1 is 0.862 bits per heavy atom. The summed E-state index contributed by atoms with van der Waals surface area (Å²) in [5.41, 5.74) is 0. The lowest BCUT2D eigenvalue weighted by Crippen LogP contribution is -2.54. The van der Waals surface area contributed by atoms with E-state index in [1.807, 2.05) is 0 Å². The molecule has 2 saturated heterocycles. The summed E-state index contributed by atoms with van der Waals surface area (Å²) < 4.78 is 28.2. The van der Waals surface area contributed by atoms with Crippen LogP contribution in [0.15, 0.2) is 0 Å². The molecule has 2 heterocycles. The molecule has 4 atom stereocenters. The molecule has 0 aromatic rings. The number of rotatable bonds is 4. The first-order valence-electron chi connectivity index (χ1n) is 10.5. The summed E-state index contributed by atoms with van der Waals surface area (Å²) in [5.74, 6) is -2.93. The van der Waals surface area contributed by atoms with Crippen LogP contribution in [0.4, 0.5) is 0 Å². The number of hydrogen-bond donors (Lipinski definition) is 2. The van der Waals surface area contributed by atoms with Gasteiger partial charge in [-0.2, -0.15) is 0 Å². The van der Waals surface area contributed by atoms with Crippen molar-refractivity contribution < 1.29 is 27.6 Å². The summed E-state index contributed by atoms with van der Waals surface area (Å²) in [5, 5.41) is 1.81. The van der Waals surface area contributed by atoms with E-state index in [9.17, 15) is 27.6 Å². The van der Waals surface area contributed by atoms with Crippen molar-refractivity contribution in [3.63, 3.8) is 0 Å². The molecule has 0 radical (unpaired) electrons. The lowest BCUT2D eigenvalue weighted by molar-refractivity contribution is -0.151. The van der Waals surface area contributed by atoms with Crippen LogP contribution in [0, 0.1) is 11.8 Å². The van der Waals surface area contributed by atoms with Crippen LogP contribution in [0.1, 0.15) is 64.2 Å². The lowest BCUT2D eigenvalue weighted by atomic mass is 9.79. The van der Waals surface area contributed by atoms with Gasteiger partial charge in [-0.05, 0) is 38.5 Å². The number of hydrogen-bond acceptors (Lipinski definition) is 6. The van der Waals surface area contributed by atoms with Gasteiger partial charge in [0.15, 0.2) is 0 Å². The molecule has 2 N–H and O–H groups in total. The minimum Gasteiger partial charge on any atom is -0.295 e. The fourth-order valence-electron chi connectivity index (χ4n) is 5.25. The number of carbonyl (C=O) groups excluding carboxylic acids is 4. The fourth-order valence-corrected chi connectivity index (χ4v) is 7.08. The van der Waals surface area contributed by atoms with Crippen LogP contribution in [0.2, 0.25) is 0 Å². The molecule has 10 heteroatoms. The summed E-state index contributed by atoms with van der Waals surface area (Å²) in [6, 6.07) is -1.32. The molecule has 4 fully saturated rings. The Balaban J connectivity index is 1.44. The molecule has 4 unspecified atom stereocenters. The Morgan fingerprint density at radius 3 is 2.24 bits per heavy atom. The summed E-state index contributed by atoms with van der Waals surface area (Å²) in [6.07, 6.45) is 5.61. The highest BCUT2D eigenvalue weighted by Crippen LogP contribution is 2.40. The van der Waals surface area contributed by atoms with Crippen LogP contribution in [0.5, 0.6) is 0 Å². The molecular weight excluding hydrogens is 398 g/mol. The van der Waals surface area contributed by atoms with Gasteiger partial charge in [-0.3, -0.25) is 29.4 Å². The van der Waals surface area contributed by atoms with Crippen LogP contribution >= 0.6 is 0 Å². The zero-order valence-electron chi connectivity index (χ0n) is 16.3. The zero-order valence-corrected chi connectivity index (χ0v) is 17.1. The first-order valence-corrected chi connectivity index (χ1v) is 12.0. The Hall–Kier alpha value is -1.81. The standard InChI is InChI=1S/C19H27N3O6S/c23-16-9-8-15(17(24)20-16)22-18(25)13-7-6-11(10-14(13)19(22)26)21-29(27,28)12-4-2-1-3-5-12/h11-15,21H,1-10H2,(H,20,23,24). The van der Waals surface area contributed by atoms with Gasteiger partial charge in [0.1, 0.15) is 6.04 Å². The largest absolute Gasteiger partial charge is 0.295 e.